The molecule has 4 saturated heterocycles. The summed E-state index contributed by atoms with van der Waals surface area (Å²) >= 11 is 0. The van der Waals surface area contributed by atoms with E-state index in [0.29, 0.717) is 6.61 Å². The lowest BCUT2D eigenvalue weighted by Crippen LogP contribution is -2.63. The van der Waals surface area contributed by atoms with Gasteiger partial charge in [-0.15, -0.1) is 0 Å². The summed E-state index contributed by atoms with van der Waals surface area (Å²) in [5.74, 6) is 0. The highest BCUT2D eigenvalue weighted by Gasteiger charge is 2.53. The SMILES string of the molecule is CC1CN2CC(C)O[Si](OCC3CO3)(O1)OC(C)C2. The second-order valence-electron chi connectivity index (χ2n) is 5.77. The third kappa shape index (κ3) is 3.55. The first kappa shape index (κ1) is 13.9. The van der Waals surface area contributed by atoms with Crippen molar-refractivity contribution in [3.63, 3.8) is 0 Å². The van der Waals surface area contributed by atoms with Gasteiger partial charge < -0.3 is 22.4 Å². The molecule has 4 aliphatic rings. The smallest absolute Gasteiger partial charge is 0.371 e. The maximum atomic E-state index is 6.04. The first-order valence-corrected chi connectivity index (χ1v) is 8.69. The highest BCUT2D eigenvalue weighted by atomic mass is 28.4. The number of epoxide rings is 1. The van der Waals surface area contributed by atoms with Crippen LogP contribution in [0, 0.1) is 0 Å². The van der Waals surface area contributed by atoms with Crippen LogP contribution in [0.5, 0.6) is 0 Å². The molecule has 0 aromatic rings. The highest BCUT2D eigenvalue weighted by molar-refractivity contribution is 6.53. The van der Waals surface area contributed by atoms with E-state index in [0.717, 1.165) is 26.2 Å². The number of hydrogen-bond acceptors (Lipinski definition) is 6. The molecule has 4 unspecified atom stereocenters. The largest absolute Gasteiger partial charge is 0.680 e. The quantitative estimate of drug-likeness (QED) is 0.553. The Balaban J connectivity index is 1.77. The summed E-state index contributed by atoms with van der Waals surface area (Å²) in [6.07, 6.45) is 0.372. The Hall–Kier alpha value is -0.0231. The topological polar surface area (TPSA) is 52.7 Å². The molecule has 2 bridgehead atoms. The Morgan fingerprint density at radius 3 is 1.89 bits per heavy atom. The summed E-state index contributed by atoms with van der Waals surface area (Å²) in [7, 11) is -3.05. The summed E-state index contributed by atoms with van der Waals surface area (Å²) in [6, 6.07) is 0. The Bertz CT molecular complexity index is 291. The molecule has 0 radical (unpaired) electrons. The molecule has 0 aromatic heterocycles. The molecule has 4 aliphatic heterocycles. The fourth-order valence-electron chi connectivity index (χ4n) is 2.71. The molecule has 4 fully saturated rings. The Kier molecular flexibility index (Phi) is 3.96. The van der Waals surface area contributed by atoms with Gasteiger partial charge in [0.25, 0.3) is 0 Å². The molecule has 0 amide bonds. The van der Waals surface area contributed by atoms with Crippen LogP contribution in [0.4, 0.5) is 0 Å². The maximum Gasteiger partial charge on any atom is 0.680 e. The van der Waals surface area contributed by atoms with Crippen molar-refractivity contribution in [2.75, 3.05) is 32.8 Å². The summed E-state index contributed by atoms with van der Waals surface area (Å²) in [6.45, 7) is 10.1. The molecule has 0 spiro atoms. The predicted octanol–water partition coefficient (Wildman–Crippen LogP) is 0.382. The van der Waals surface area contributed by atoms with E-state index in [1.54, 1.807) is 0 Å². The van der Waals surface area contributed by atoms with Gasteiger partial charge in [0, 0.05) is 19.6 Å². The summed E-state index contributed by atoms with van der Waals surface area (Å²) in [4.78, 5) is 2.33. The zero-order chi connectivity index (χ0) is 13.5. The van der Waals surface area contributed by atoms with Crippen LogP contribution in [-0.2, 0) is 22.4 Å². The van der Waals surface area contributed by atoms with Crippen LogP contribution < -0.4 is 0 Å². The van der Waals surface area contributed by atoms with Crippen molar-refractivity contribution < 1.29 is 22.4 Å². The minimum atomic E-state index is -3.05. The fourth-order valence-corrected chi connectivity index (χ4v) is 5.17. The van der Waals surface area contributed by atoms with Crippen LogP contribution in [0.1, 0.15) is 20.8 Å². The number of hydrogen-bond donors (Lipinski definition) is 0. The molecule has 4 heterocycles. The van der Waals surface area contributed by atoms with E-state index in [9.17, 15) is 0 Å². The van der Waals surface area contributed by atoms with Crippen molar-refractivity contribution in [3.05, 3.63) is 0 Å². The first-order valence-electron chi connectivity index (χ1n) is 7.06. The summed E-state index contributed by atoms with van der Waals surface area (Å²) in [5, 5.41) is 0. The van der Waals surface area contributed by atoms with Crippen molar-refractivity contribution in [2.45, 2.75) is 45.2 Å². The van der Waals surface area contributed by atoms with E-state index < -0.39 is 9.05 Å². The van der Waals surface area contributed by atoms with E-state index in [-0.39, 0.29) is 24.4 Å². The van der Waals surface area contributed by atoms with Gasteiger partial charge in [0.2, 0.25) is 0 Å². The minimum Gasteiger partial charge on any atom is -0.371 e. The Morgan fingerprint density at radius 1 is 1.00 bits per heavy atom. The molecule has 110 valence electrons. The van der Waals surface area contributed by atoms with Crippen molar-refractivity contribution in [1.29, 1.82) is 0 Å². The third-order valence-corrected chi connectivity index (χ3v) is 6.02. The highest BCUT2D eigenvalue weighted by Crippen LogP contribution is 2.26. The van der Waals surface area contributed by atoms with Gasteiger partial charge in [-0.25, -0.2) is 0 Å². The van der Waals surface area contributed by atoms with Gasteiger partial charge in [0.1, 0.15) is 6.10 Å². The lowest BCUT2D eigenvalue weighted by molar-refractivity contribution is -0.131. The van der Waals surface area contributed by atoms with Gasteiger partial charge in [0.05, 0.1) is 31.5 Å². The third-order valence-electron chi connectivity index (χ3n) is 3.43. The molecule has 0 aliphatic carbocycles. The number of rotatable bonds is 3. The molecule has 4 atom stereocenters. The zero-order valence-corrected chi connectivity index (χ0v) is 12.8. The molecule has 0 saturated carbocycles. The van der Waals surface area contributed by atoms with Crippen LogP contribution in [0.3, 0.4) is 0 Å². The van der Waals surface area contributed by atoms with Crippen molar-refractivity contribution in [2.24, 2.45) is 0 Å². The van der Waals surface area contributed by atoms with Crippen molar-refractivity contribution >= 4 is 9.05 Å². The lowest BCUT2D eigenvalue weighted by Gasteiger charge is -2.43. The second-order valence-corrected chi connectivity index (χ2v) is 7.77. The average Bonchev–Trinajstić information content (AvgIpc) is 3.05. The van der Waals surface area contributed by atoms with Crippen molar-refractivity contribution in [1.82, 2.24) is 4.90 Å². The van der Waals surface area contributed by atoms with Gasteiger partial charge in [-0.3, -0.25) is 4.90 Å². The zero-order valence-electron chi connectivity index (χ0n) is 11.8. The molecule has 0 aromatic carbocycles. The molecular weight excluding hydrogens is 266 g/mol. The first-order chi connectivity index (χ1) is 9.05. The van der Waals surface area contributed by atoms with E-state index >= 15 is 0 Å². The Morgan fingerprint density at radius 2 is 1.47 bits per heavy atom. The molecule has 7 heteroatoms. The maximum absolute atomic E-state index is 6.04. The molecular formula is C12H23NO5Si. The van der Waals surface area contributed by atoms with E-state index in [1.807, 2.05) is 20.8 Å². The fraction of sp³-hybridized carbons (Fsp3) is 1.00. The summed E-state index contributed by atoms with van der Waals surface area (Å²) < 4.78 is 29.3. The predicted molar refractivity (Wildman–Crippen MR) is 69.5 cm³/mol. The number of nitrogens with zero attached hydrogens (tertiary/aromatic N) is 1. The molecule has 4 rings (SSSR count). The lowest BCUT2D eigenvalue weighted by atomic mass is 10.2. The molecule has 0 N–H and O–H groups in total. The minimum absolute atomic E-state index is 0.0618. The monoisotopic (exact) mass is 289 g/mol. The molecule has 6 nitrogen and oxygen atoms in total. The normalized spacial score (nSPS) is 50.4. The number of fused-ring (bicyclic) bond motifs is 6. The second kappa shape index (κ2) is 5.40. The average molecular weight is 289 g/mol. The van der Waals surface area contributed by atoms with Gasteiger partial charge >= 0.3 is 9.05 Å². The number of ether oxygens (including phenoxy) is 1. The van der Waals surface area contributed by atoms with E-state index in [4.69, 9.17) is 22.4 Å². The van der Waals surface area contributed by atoms with Gasteiger partial charge in [-0.2, -0.15) is 0 Å². The van der Waals surface area contributed by atoms with E-state index in [1.165, 1.54) is 0 Å². The van der Waals surface area contributed by atoms with Crippen LogP contribution >= 0.6 is 0 Å². The molecule has 19 heavy (non-hydrogen) atoms. The van der Waals surface area contributed by atoms with Crippen molar-refractivity contribution in [3.8, 4) is 0 Å². The summed E-state index contributed by atoms with van der Waals surface area (Å²) in [5.41, 5.74) is 0. The van der Waals surface area contributed by atoms with Gasteiger partial charge in [0.15, 0.2) is 0 Å². The Labute approximate surface area is 115 Å². The van der Waals surface area contributed by atoms with Gasteiger partial charge in [-0.05, 0) is 20.8 Å². The van der Waals surface area contributed by atoms with Gasteiger partial charge in [-0.1, -0.05) is 0 Å². The van der Waals surface area contributed by atoms with E-state index in [2.05, 4.69) is 4.90 Å². The van der Waals surface area contributed by atoms with Crippen LogP contribution in [0.25, 0.3) is 0 Å². The van der Waals surface area contributed by atoms with Crippen LogP contribution in [0.2, 0.25) is 0 Å². The van der Waals surface area contributed by atoms with Crippen LogP contribution in [-0.4, -0.2) is 71.2 Å². The van der Waals surface area contributed by atoms with Crippen LogP contribution in [0.15, 0.2) is 0 Å². The standard InChI is InChI=1S/C12H23NO5Si/c1-9-4-13-5-10(2)17-19(16-9,18-11(3)6-13)15-8-12-7-14-12/h9-12H,4-8H2,1-3H3.